The van der Waals surface area contributed by atoms with Crippen LogP contribution in [-0.4, -0.2) is 43.4 Å². The van der Waals surface area contributed by atoms with Crippen LogP contribution in [0.15, 0.2) is 29.8 Å². The Labute approximate surface area is 143 Å². The van der Waals surface area contributed by atoms with E-state index < -0.39 is 5.60 Å². The molecule has 2 aliphatic heterocycles. The normalized spacial score (nSPS) is 20.1. The van der Waals surface area contributed by atoms with Gasteiger partial charge in [-0.3, -0.25) is 0 Å². The summed E-state index contributed by atoms with van der Waals surface area (Å²) in [5.41, 5.74) is 2.03. The highest BCUT2D eigenvalue weighted by Crippen LogP contribution is 2.44. The lowest BCUT2D eigenvalue weighted by Gasteiger charge is -2.30. The molecule has 5 nitrogen and oxygen atoms in total. The highest BCUT2D eigenvalue weighted by molar-refractivity contribution is 5.68. The van der Waals surface area contributed by atoms with Crippen LogP contribution < -0.4 is 9.47 Å². The van der Waals surface area contributed by atoms with E-state index in [2.05, 4.69) is 12.1 Å². The quantitative estimate of drug-likeness (QED) is 0.775. The number of hydrogen-bond donors (Lipinski definition) is 0. The molecule has 1 aromatic rings. The van der Waals surface area contributed by atoms with Gasteiger partial charge in [0.25, 0.3) is 0 Å². The van der Waals surface area contributed by atoms with Gasteiger partial charge in [0.2, 0.25) is 0 Å². The molecule has 0 saturated carbocycles. The van der Waals surface area contributed by atoms with E-state index >= 15 is 0 Å². The Balaban J connectivity index is 1.70. The molecule has 0 saturated heterocycles. The Hall–Kier alpha value is -2.17. The molecule has 0 bridgehead atoms. The van der Waals surface area contributed by atoms with Crippen LogP contribution >= 0.6 is 0 Å². The van der Waals surface area contributed by atoms with Crippen molar-refractivity contribution in [2.75, 3.05) is 26.8 Å². The molecule has 1 atom stereocenters. The van der Waals surface area contributed by atoms with E-state index in [9.17, 15) is 4.79 Å². The monoisotopic (exact) mass is 331 g/mol. The maximum Gasteiger partial charge on any atom is 0.410 e. The highest BCUT2D eigenvalue weighted by atomic mass is 16.6. The number of nitrogens with zero attached hydrogens (tertiary/aromatic N) is 1. The van der Waals surface area contributed by atoms with Crippen molar-refractivity contribution in [3.05, 3.63) is 35.4 Å². The second kappa shape index (κ2) is 6.38. The number of carbonyl (C=O) groups is 1. The minimum atomic E-state index is -0.462. The van der Waals surface area contributed by atoms with Crippen molar-refractivity contribution in [3.8, 4) is 11.5 Å². The van der Waals surface area contributed by atoms with Crippen molar-refractivity contribution in [1.29, 1.82) is 0 Å². The fraction of sp³-hybridized carbons (Fsp3) is 0.526. The first-order valence-corrected chi connectivity index (χ1v) is 8.35. The molecule has 24 heavy (non-hydrogen) atoms. The summed E-state index contributed by atoms with van der Waals surface area (Å²) in [6, 6.07) is 6.01. The van der Waals surface area contributed by atoms with Crippen molar-refractivity contribution >= 4 is 6.09 Å². The third-order valence-corrected chi connectivity index (χ3v) is 4.34. The molecule has 5 heteroatoms. The second-order valence-corrected chi connectivity index (χ2v) is 7.20. The van der Waals surface area contributed by atoms with Crippen LogP contribution in [-0.2, 0) is 4.74 Å². The fourth-order valence-corrected chi connectivity index (χ4v) is 3.18. The highest BCUT2D eigenvalue weighted by Gasteiger charge is 2.32. The number of fused-ring (bicyclic) bond motifs is 1. The van der Waals surface area contributed by atoms with Crippen molar-refractivity contribution < 1.29 is 19.0 Å². The maximum absolute atomic E-state index is 12.2. The molecule has 0 spiro atoms. The molecular formula is C19H25NO4. The summed E-state index contributed by atoms with van der Waals surface area (Å²) in [6.07, 6.45) is 2.72. The van der Waals surface area contributed by atoms with Crippen molar-refractivity contribution in [1.82, 2.24) is 4.90 Å². The van der Waals surface area contributed by atoms with E-state index in [0.29, 0.717) is 19.7 Å². The predicted molar refractivity (Wildman–Crippen MR) is 91.7 cm³/mol. The Morgan fingerprint density at radius 1 is 1.33 bits per heavy atom. The van der Waals surface area contributed by atoms with Gasteiger partial charge < -0.3 is 19.1 Å². The number of methoxy groups -OCH3 is 1. The number of rotatable bonds is 2. The zero-order valence-corrected chi connectivity index (χ0v) is 14.8. The van der Waals surface area contributed by atoms with E-state index in [4.69, 9.17) is 14.2 Å². The zero-order valence-electron chi connectivity index (χ0n) is 14.8. The van der Waals surface area contributed by atoms with E-state index in [-0.39, 0.29) is 12.0 Å². The molecule has 0 radical (unpaired) electrons. The maximum atomic E-state index is 12.2. The Morgan fingerprint density at radius 3 is 2.75 bits per heavy atom. The zero-order chi connectivity index (χ0) is 17.3. The molecular weight excluding hydrogens is 306 g/mol. The summed E-state index contributed by atoms with van der Waals surface area (Å²) in [4.78, 5) is 13.9. The number of carbonyl (C=O) groups excluding carboxylic acids is 1. The molecule has 1 unspecified atom stereocenters. The van der Waals surface area contributed by atoms with Gasteiger partial charge in [0.15, 0.2) is 11.5 Å². The van der Waals surface area contributed by atoms with E-state index in [1.165, 1.54) is 11.1 Å². The molecule has 3 rings (SSSR count). The summed E-state index contributed by atoms with van der Waals surface area (Å²) < 4.78 is 16.7. The summed E-state index contributed by atoms with van der Waals surface area (Å²) in [5.74, 6) is 1.87. The molecule has 0 aromatic heterocycles. The average molecular weight is 331 g/mol. The summed E-state index contributed by atoms with van der Waals surface area (Å²) >= 11 is 0. The third-order valence-electron chi connectivity index (χ3n) is 4.34. The van der Waals surface area contributed by atoms with Gasteiger partial charge in [-0.1, -0.05) is 23.8 Å². The van der Waals surface area contributed by atoms with Gasteiger partial charge in [-0.15, -0.1) is 0 Å². The van der Waals surface area contributed by atoms with Crippen molar-refractivity contribution in [3.63, 3.8) is 0 Å². The van der Waals surface area contributed by atoms with Gasteiger partial charge in [-0.25, -0.2) is 4.79 Å². The molecule has 0 N–H and O–H groups in total. The van der Waals surface area contributed by atoms with Crippen LogP contribution in [0.2, 0.25) is 0 Å². The van der Waals surface area contributed by atoms with E-state index in [1.54, 1.807) is 12.0 Å². The van der Waals surface area contributed by atoms with Gasteiger partial charge in [0, 0.05) is 24.6 Å². The average Bonchev–Trinajstić information content (AvgIpc) is 2.97. The second-order valence-electron chi connectivity index (χ2n) is 7.20. The van der Waals surface area contributed by atoms with Crippen LogP contribution in [0.3, 0.4) is 0 Å². The summed E-state index contributed by atoms with van der Waals surface area (Å²) in [7, 11) is 1.66. The first kappa shape index (κ1) is 16.7. The minimum Gasteiger partial charge on any atom is -0.493 e. The molecule has 2 heterocycles. The molecule has 0 fully saturated rings. The lowest BCUT2D eigenvalue weighted by molar-refractivity contribution is 0.0264. The first-order valence-electron chi connectivity index (χ1n) is 8.35. The number of para-hydroxylation sites is 1. The van der Waals surface area contributed by atoms with Crippen LogP contribution in [0.25, 0.3) is 0 Å². The number of amides is 1. The molecule has 130 valence electrons. The van der Waals surface area contributed by atoms with E-state index in [1.807, 2.05) is 32.9 Å². The van der Waals surface area contributed by atoms with Crippen LogP contribution in [0.1, 0.15) is 38.7 Å². The Bertz CT molecular complexity index is 660. The largest absolute Gasteiger partial charge is 0.493 e. The summed E-state index contributed by atoms with van der Waals surface area (Å²) in [6.45, 7) is 7.55. The van der Waals surface area contributed by atoms with Crippen LogP contribution in [0.4, 0.5) is 4.79 Å². The molecule has 0 aliphatic carbocycles. The standard InChI is InChI=1S/C19H25NO4/c1-19(2,3)24-18(21)20-10-8-13(9-11-20)15-12-23-17-14(15)6-5-7-16(17)22-4/h5-8,15H,9-12H2,1-4H3. The smallest absolute Gasteiger partial charge is 0.410 e. The fourth-order valence-electron chi connectivity index (χ4n) is 3.18. The predicted octanol–water partition coefficient (Wildman–Crippen LogP) is 3.74. The van der Waals surface area contributed by atoms with Crippen molar-refractivity contribution in [2.45, 2.75) is 38.7 Å². The first-order chi connectivity index (χ1) is 11.4. The summed E-state index contributed by atoms with van der Waals surface area (Å²) in [5, 5.41) is 0. The van der Waals surface area contributed by atoms with Gasteiger partial charge in [0.1, 0.15) is 5.60 Å². The lowest BCUT2D eigenvalue weighted by atomic mass is 9.89. The van der Waals surface area contributed by atoms with Gasteiger partial charge >= 0.3 is 6.09 Å². The number of hydrogen-bond acceptors (Lipinski definition) is 4. The Morgan fingerprint density at radius 2 is 2.12 bits per heavy atom. The van der Waals surface area contributed by atoms with E-state index in [0.717, 1.165) is 17.9 Å². The number of ether oxygens (including phenoxy) is 3. The topological polar surface area (TPSA) is 48.0 Å². The SMILES string of the molecule is COc1cccc2c1OCC2C1=CCN(C(=O)OC(C)(C)C)CC1. The van der Waals surface area contributed by atoms with Gasteiger partial charge in [0.05, 0.1) is 13.7 Å². The Kier molecular flexibility index (Phi) is 4.43. The molecule has 1 aromatic carbocycles. The number of benzene rings is 1. The lowest BCUT2D eigenvalue weighted by Crippen LogP contribution is -2.39. The molecule has 2 aliphatic rings. The molecule has 1 amide bonds. The van der Waals surface area contributed by atoms with Crippen molar-refractivity contribution in [2.24, 2.45) is 0 Å². The minimum absolute atomic E-state index is 0.246. The van der Waals surface area contributed by atoms with Gasteiger partial charge in [-0.2, -0.15) is 0 Å². The van der Waals surface area contributed by atoms with Crippen LogP contribution in [0, 0.1) is 0 Å². The van der Waals surface area contributed by atoms with Gasteiger partial charge in [-0.05, 0) is 33.3 Å². The van der Waals surface area contributed by atoms with Crippen LogP contribution in [0.5, 0.6) is 11.5 Å². The third kappa shape index (κ3) is 3.35.